The SMILES string of the molecule is O=C1OCCN1CCOc1nc2c(NCc3nccs3)nc(Cl)nc2[nH]1. The summed E-state index contributed by atoms with van der Waals surface area (Å²) in [4.78, 5) is 32.8. The van der Waals surface area contributed by atoms with Gasteiger partial charge in [-0.2, -0.15) is 15.0 Å². The molecule has 1 amide bonds. The van der Waals surface area contributed by atoms with E-state index in [2.05, 4.69) is 30.2 Å². The summed E-state index contributed by atoms with van der Waals surface area (Å²) in [6.07, 6.45) is 1.41. The number of nitrogens with zero attached hydrogens (tertiary/aromatic N) is 5. The van der Waals surface area contributed by atoms with Gasteiger partial charge in [-0.25, -0.2) is 9.78 Å². The van der Waals surface area contributed by atoms with Crippen molar-refractivity contribution in [2.24, 2.45) is 0 Å². The lowest BCUT2D eigenvalue weighted by molar-refractivity contribution is 0.152. The van der Waals surface area contributed by atoms with Crippen LogP contribution in [0.5, 0.6) is 6.01 Å². The van der Waals surface area contributed by atoms with E-state index in [1.54, 1.807) is 11.1 Å². The van der Waals surface area contributed by atoms with Crippen LogP contribution >= 0.6 is 22.9 Å². The van der Waals surface area contributed by atoms with Crippen molar-refractivity contribution < 1.29 is 14.3 Å². The molecule has 0 radical (unpaired) electrons. The topological polar surface area (TPSA) is 118 Å². The molecule has 3 aromatic heterocycles. The summed E-state index contributed by atoms with van der Waals surface area (Å²) < 4.78 is 10.4. The number of carbonyl (C=O) groups is 1. The van der Waals surface area contributed by atoms with E-state index in [1.807, 2.05) is 5.38 Å². The Morgan fingerprint density at radius 3 is 3.12 bits per heavy atom. The number of aromatic amines is 1. The summed E-state index contributed by atoms with van der Waals surface area (Å²) in [5, 5.41) is 6.06. The summed E-state index contributed by atoms with van der Waals surface area (Å²) in [6, 6.07) is 0.279. The average molecular weight is 396 g/mol. The number of hydrogen-bond acceptors (Lipinski definition) is 9. The largest absolute Gasteiger partial charge is 0.463 e. The zero-order valence-corrected chi connectivity index (χ0v) is 15.0. The molecule has 0 aromatic carbocycles. The molecule has 0 bridgehead atoms. The average Bonchev–Trinajstić information content (AvgIpc) is 3.34. The maximum Gasteiger partial charge on any atom is 0.410 e. The van der Waals surface area contributed by atoms with Crippen LogP contribution in [0.1, 0.15) is 5.01 Å². The Balaban J connectivity index is 1.45. The Kier molecular flexibility index (Phi) is 4.71. The molecule has 2 N–H and O–H groups in total. The molecule has 4 rings (SSSR count). The van der Waals surface area contributed by atoms with E-state index in [1.165, 1.54) is 11.3 Å². The predicted octanol–water partition coefficient (Wildman–Crippen LogP) is 1.91. The number of rotatable bonds is 7. The van der Waals surface area contributed by atoms with Gasteiger partial charge in [0, 0.05) is 11.6 Å². The second kappa shape index (κ2) is 7.30. The van der Waals surface area contributed by atoms with Crippen LogP contribution < -0.4 is 10.1 Å². The van der Waals surface area contributed by atoms with Crippen LogP contribution in [0.15, 0.2) is 11.6 Å². The molecule has 0 aliphatic carbocycles. The highest BCUT2D eigenvalue weighted by Gasteiger charge is 2.21. The minimum atomic E-state index is -0.329. The van der Waals surface area contributed by atoms with E-state index in [0.29, 0.717) is 43.2 Å². The summed E-state index contributed by atoms with van der Waals surface area (Å²) >= 11 is 7.51. The monoisotopic (exact) mass is 395 g/mol. The van der Waals surface area contributed by atoms with Gasteiger partial charge in [-0.1, -0.05) is 0 Å². The van der Waals surface area contributed by atoms with E-state index >= 15 is 0 Å². The fraction of sp³-hybridized carbons (Fsp3) is 0.357. The van der Waals surface area contributed by atoms with Crippen LogP contribution in [0.4, 0.5) is 10.6 Å². The summed E-state index contributed by atoms with van der Waals surface area (Å²) in [7, 11) is 0. The van der Waals surface area contributed by atoms with Gasteiger partial charge in [-0.05, 0) is 11.6 Å². The predicted molar refractivity (Wildman–Crippen MR) is 94.6 cm³/mol. The second-order valence-electron chi connectivity index (χ2n) is 5.31. The Hall–Kier alpha value is -2.66. The van der Waals surface area contributed by atoms with E-state index in [0.717, 1.165) is 5.01 Å². The first kappa shape index (κ1) is 16.8. The van der Waals surface area contributed by atoms with Gasteiger partial charge in [0.2, 0.25) is 5.28 Å². The molecule has 0 unspecified atom stereocenters. The molecule has 0 atom stereocenters. The molecule has 0 saturated carbocycles. The molecular weight excluding hydrogens is 382 g/mol. The lowest BCUT2D eigenvalue weighted by Crippen LogP contribution is -2.29. The van der Waals surface area contributed by atoms with Crippen molar-refractivity contribution in [1.82, 2.24) is 29.8 Å². The number of thiazole rings is 1. The quantitative estimate of drug-likeness (QED) is 0.582. The number of hydrogen-bond donors (Lipinski definition) is 2. The van der Waals surface area contributed by atoms with Crippen molar-refractivity contribution in [1.29, 1.82) is 0 Å². The van der Waals surface area contributed by atoms with Gasteiger partial charge >= 0.3 is 6.09 Å². The van der Waals surface area contributed by atoms with Crippen LogP contribution in [-0.4, -0.2) is 62.2 Å². The van der Waals surface area contributed by atoms with E-state index < -0.39 is 0 Å². The Morgan fingerprint density at radius 1 is 1.42 bits per heavy atom. The maximum atomic E-state index is 11.4. The summed E-state index contributed by atoms with van der Waals surface area (Å²) in [5.74, 6) is 0.490. The van der Waals surface area contributed by atoms with E-state index in [-0.39, 0.29) is 24.0 Å². The second-order valence-corrected chi connectivity index (χ2v) is 6.63. The van der Waals surface area contributed by atoms with Gasteiger partial charge < -0.3 is 19.7 Å². The van der Waals surface area contributed by atoms with Crippen molar-refractivity contribution in [3.05, 3.63) is 21.9 Å². The van der Waals surface area contributed by atoms with Gasteiger partial charge in [-0.3, -0.25) is 4.98 Å². The molecule has 4 heterocycles. The van der Waals surface area contributed by atoms with Crippen LogP contribution in [0.25, 0.3) is 11.2 Å². The number of cyclic esters (lactones) is 1. The Bertz CT molecular complexity index is 917. The number of H-pyrrole nitrogens is 1. The standard InChI is InChI=1S/C14H14ClN7O3S/c15-12-19-10(17-7-8-16-1-6-26-8)9-11(20-12)21-13(18-9)24-4-2-22-3-5-25-14(22)23/h1,6H,2-5,7H2,(H2,17,18,19,20,21). The van der Waals surface area contributed by atoms with Crippen LogP contribution in [-0.2, 0) is 11.3 Å². The van der Waals surface area contributed by atoms with Crippen molar-refractivity contribution in [3.63, 3.8) is 0 Å². The molecule has 1 saturated heterocycles. The number of halogens is 1. The molecule has 10 nitrogen and oxygen atoms in total. The lowest BCUT2D eigenvalue weighted by Gasteiger charge is -2.11. The van der Waals surface area contributed by atoms with Crippen molar-refractivity contribution in [2.45, 2.75) is 6.54 Å². The zero-order valence-electron chi connectivity index (χ0n) is 13.4. The first-order valence-electron chi connectivity index (χ1n) is 7.79. The highest BCUT2D eigenvalue weighted by molar-refractivity contribution is 7.09. The van der Waals surface area contributed by atoms with Gasteiger partial charge in [0.1, 0.15) is 18.2 Å². The zero-order chi connectivity index (χ0) is 17.9. The third kappa shape index (κ3) is 3.63. The number of aromatic nitrogens is 5. The Labute approximate surface area is 156 Å². The molecule has 26 heavy (non-hydrogen) atoms. The van der Waals surface area contributed by atoms with Crippen LogP contribution in [0, 0.1) is 0 Å². The highest BCUT2D eigenvalue weighted by atomic mass is 35.5. The van der Waals surface area contributed by atoms with Gasteiger partial charge in [-0.15, -0.1) is 11.3 Å². The van der Waals surface area contributed by atoms with Crippen molar-refractivity contribution in [2.75, 3.05) is 31.6 Å². The van der Waals surface area contributed by atoms with Crippen LogP contribution in [0.2, 0.25) is 5.28 Å². The Morgan fingerprint density at radius 2 is 2.35 bits per heavy atom. The smallest absolute Gasteiger partial charge is 0.410 e. The summed E-state index contributed by atoms with van der Waals surface area (Å²) in [6.45, 7) is 2.16. The van der Waals surface area contributed by atoms with Crippen molar-refractivity contribution >= 4 is 46.0 Å². The van der Waals surface area contributed by atoms with Gasteiger partial charge in [0.05, 0.1) is 19.6 Å². The summed E-state index contributed by atoms with van der Waals surface area (Å²) in [5.41, 5.74) is 0.976. The molecule has 1 aliphatic rings. The first-order chi connectivity index (χ1) is 12.7. The third-order valence-electron chi connectivity index (χ3n) is 3.63. The lowest BCUT2D eigenvalue weighted by atomic mass is 10.5. The van der Waals surface area contributed by atoms with Gasteiger partial charge in [0.25, 0.3) is 6.01 Å². The number of imidazole rings is 1. The van der Waals surface area contributed by atoms with Gasteiger partial charge in [0.15, 0.2) is 17.0 Å². The van der Waals surface area contributed by atoms with E-state index in [4.69, 9.17) is 21.1 Å². The number of fused-ring (bicyclic) bond motifs is 1. The maximum absolute atomic E-state index is 11.4. The fourth-order valence-corrected chi connectivity index (χ4v) is 3.15. The minimum absolute atomic E-state index is 0.0918. The molecule has 1 fully saturated rings. The molecule has 136 valence electrons. The van der Waals surface area contributed by atoms with Crippen molar-refractivity contribution in [3.8, 4) is 6.01 Å². The molecule has 12 heteroatoms. The number of ether oxygens (including phenoxy) is 2. The number of amides is 1. The number of nitrogens with one attached hydrogen (secondary N) is 2. The van der Waals surface area contributed by atoms with Crippen LogP contribution in [0.3, 0.4) is 0 Å². The van der Waals surface area contributed by atoms with E-state index in [9.17, 15) is 4.79 Å². The number of carbonyl (C=O) groups excluding carboxylic acids is 1. The third-order valence-corrected chi connectivity index (χ3v) is 4.58. The normalized spacial score (nSPS) is 14.0. The molecule has 3 aromatic rings. The fourth-order valence-electron chi connectivity index (χ4n) is 2.42. The number of anilines is 1. The minimum Gasteiger partial charge on any atom is -0.463 e. The highest BCUT2D eigenvalue weighted by Crippen LogP contribution is 2.23. The molecule has 1 aliphatic heterocycles. The first-order valence-corrected chi connectivity index (χ1v) is 9.05. The molecular formula is C14H14ClN7O3S. The molecule has 0 spiro atoms.